The number of aromatic nitrogens is 2. The average molecular weight is 305 g/mol. The van der Waals surface area contributed by atoms with Gasteiger partial charge in [0.2, 0.25) is 0 Å². The second-order valence-corrected chi connectivity index (χ2v) is 6.14. The van der Waals surface area contributed by atoms with Crippen molar-refractivity contribution in [3.05, 3.63) is 28.6 Å². The summed E-state index contributed by atoms with van der Waals surface area (Å²) in [5.41, 5.74) is 2.51. The van der Waals surface area contributed by atoms with Gasteiger partial charge in [-0.1, -0.05) is 0 Å². The van der Waals surface area contributed by atoms with Crippen LogP contribution in [0.4, 0.5) is 0 Å². The van der Waals surface area contributed by atoms with E-state index in [-0.39, 0.29) is 5.91 Å². The van der Waals surface area contributed by atoms with Crippen LogP contribution in [0.2, 0.25) is 0 Å². The molecule has 112 valence electrons. The second-order valence-electron chi connectivity index (χ2n) is 5.36. The third-order valence-corrected chi connectivity index (χ3v) is 4.67. The van der Waals surface area contributed by atoms with Crippen molar-refractivity contribution >= 4 is 17.2 Å². The first kappa shape index (κ1) is 14.3. The topological polar surface area (TPSA) is 58.2 Å². The van der Waals surface area contributed by atoms with Crippen molar-refractivity contribution in [2.45, 2.75) is 12.8 Å². The standard InChI is InChI=1S/C15H19N3O2S/c1-20-9-11-2-5-18(6-3-11)15(19)13-8-16-17-14(13)12-4-7-21-10-12/h4,7-8,10-11H,2-3,5-6,9H2,1H3,(H,16,17). The molecule has 0 atom stereocenters. The zero-order chi connectivity index (χ0) is 14.7. The van der Waals surface area contributed by atoms with E-state index in [1.165, 1.54) is 0 Å². The van der Waals surface area contributed by atoms with Crippen molar-refractivity contribution in [3.63, 3.8) is 0 Å². The third kappa shape index (κ3) is 3.01. The van der Waals surface area contributed by atoms with Gasteiger partial charge in [0.1, 0.15) is 0 Å². The molecule has 3 rings (SSSR count). The molecule has 2 aromatic rings. The predicted octanol–water partition coefficient (Wildman–Crippen LogP) is 2.64. The minimum Gasteiger partial charge on any atom is -0.384 e. The van der Waals surface area contributed by atoms with E-state index in [0.29, 0.717) is 11.5 Å². The second kappa shape index (κ2) is 6.41. The Labute approximate surface area is 127 Å². The predicted molar refractivity (Wildman–Crippen MR) is 82.4 cm³/mol. The molecular weight excluding hydrogens is 286 g/mol. The first-order valence-corrected chi connectivity index (χ1v) is 8.08. The molecular formula is C15H19N3O2S. The Morgan fingerprint density at radius 3 is 3.00 bits per heavy atom. The quantitative estimate of drug-likeness (QED) is 0.944. The fourth-order valence-electron chi connectivity index (χ4n) is 2.78. The number of hydrogen-bond donors (Lipinski definition) is 1. The van der Waals surface area contributed by atoms with Gasteiger partial charge in [-0.2, -0.15) is 16.4 Å². The van der Waals surface area contributed by atoms with Gasteiger partial charge in [0, 0.05) is 37.7 Å². The molecule has 0 radical (unpaired) electrons. The van der Waals surface area contributed by atoms with Crippen molar-refractivity contribution in [2.24, 2.45) is 5.92 Å². The molecule has 1 saturated heterocycles. The molecule has 1 aliphatic rings. The van der Waals surface area contributed by atoms with Crippen LogP contribution in [-0.4, -0.2) is 47.8 Å². The normalized spacial score (nSPS) is 16.3. The molecule has 2 aromatic heterocycles. The molecule has 0 aromatic carbocycles. The van der Waals surface area contributed by atoms with Crippen LogP contribution in [0.3, 0.4) is 0 Å². The molecule has 0 spiro atoms. The summed E-state index contributed by atoms with van der Waals surface area (Å²) in [5, 5.41) is 11.0. The summed E-state index contributed by atoms with van der Waals surface area (Å²) in [6, 6.07) is 2.00. The van der Waals surface area contributed by atoms with Gasteiger partial charge in [0.25, 0.3) is 5.91 Å². The summed E-state index contributed by atoms with van der Waals surface area (Å²) in [7, 11) is 1.73. The largest absolute Gasteiger partial charge is 0.384 e. The molecule has 1 aliphatic heterocycles. The number of likely N-dealkylation sites (tertiary alicyclic amines) is 1. The number of rotatable bonds is 4. The van der Waals surface area contributed by atoms with E-state index in [4.69, 9.17) is 4.74 Å². The fourth-order valence-corrected chi connectivity index (χ4v) is 3.43. The minimum absolute atomic E-state index is 0.0702. The van der Waals surface area contributed by atoms with Gasteiger partial charge in [-0.05, 0) is 30.2 Å². The Kier molecular flexibility index (Phi) is 4.36. The number of H-pyrrole nitrogens is 1. The fraction of sp³-hybridized carbons (Fsp3) is 0.467. The summed E-state index contributed by atoms with van der Waals surface area (Å²) < 4.78 is 5.20. The van der Waals surface area contributed by atoms with Crippen molar-refractivity contribution in [1.82, 2.24) is 15.1 Å². The van der Waals surface area contributed by atoms with Gasteiger partial charge in [-0.3, -0.25) is 9.89 Å². The number of carbonyl (C=O) groups is 1. The molecule has 21 heavy (non-hydrogen) atoms. The number of amides is 1. The van der Waals surface area contributed by atoms with Gasteiger partial charge in [-0.15, -0.1) is 0 Å². The third-order valence-electron chi connectivity index (χ3n) is 3.98. The monoisotopic (exact) mass is 305 g/mol. The number of nitrogens with zero attached hydrogens (tertiary/aromatic N) is 2. The maximum absolute atomic E-state index is 12.7. The maximum Gasteiger partial charge on any atom is 0.257 e. The summed E-state index contributed by atoms with van der Waals surface area (Å²) in [6.45, 7) is 2.37. The number of aromatic amines is 1. The van der Waals surface area contributed by atoms with Gasteiger partial charge in [0.15, 0.2) is 0 Å². The highest BCUT2D eigenvalue weighted by Crippen LogP contribution is 2.26. The lowest BCUT2D eigenvalue weighted by atomic mass is 9.97. The smallest absolute Gasteiger partial charge is 0.257 e. The van der Waals surface area contributed by atoms with Crippen molar-refractivity contribution in [1.29, 1.82) is 0 Å². The zero-order valence-electron chi connectivity index (χ0n) is 12.0. The van der Waals surface area contributed by atoms with E-state index < -0.39 is 0 Å². The molecule has 1 N–H and O–H groups in total. The number of nitrogens with one attached hydrogen (secondary N) is 1. The molecule has 0 saturated carbocycles. The minimum atomic E-state index is 0.0702. The van der Waals surface area contributed by atoms with Crippen LogP contribution in [0.25, 0.3) is 11.3 Å². The Balaban J connectivity index is 1.71. The number of methoxy groups -OCH3 is 1. The molecule has 0 unspecified atom stereocenters. The van der Waals surface area contributed by atoms with E-state index in [1.54, 1.807) is 24.6 Å². The van der Waals surface area contributed by atoms with Crippen molar-refractivity contribution in [3.8, 4) is 11.3 Å². The SMILES string of the molecule is COCC1CCN(C(=O)c2cn[nH]c2-c2ccsc2)CC1. The summed E-state index contributed by atoms with van der Waals surface area (Å²) >= 11 is 1.61. The molecule has 6 heteroatoms. The lowest BCUT2D eigenvalue weighted by molar-refractivity contribution is 0.0614. The Hall–Kier alpha value is -1.66. The Morgan fingerprint density at radius 1 is 1.52 bits per heavy atom. The first-order chi connectivity index (χ1) is 10.3. The Morgan fingerprint density at radius 2 is 2.33 bits per heavy atom. The van der Waals surface area contributed by atoms with E-state index in [0.717, 1.165) is 43.8 Å². The van der Waals surface area contributed by atoms with Crippen LogP contribution in [0.1, 0.15) is 23.2 Å². The average Bonchev–Trinajstić information content (AvgIpc) is 3.18. The highest BCUT2D eigenvalue weighted by Gasteiger charge is 2.26. The molecule has 5 nitrogen and oxygen atoms in total. The van der Waals surface area contributed by atoms with Gasteiger partial charge in [-0.25, -0.2) is 0 Å². The van der Waals surface area contributed by atoms with E-state index >= 15 is 0 Å². The maximum atomic E-state index is 12.7. The zero-order valence-corrected chi connectivity index (χ0v) is 12.9. The van der Waals surface area contributed by atoms with E-state index in [2.05, 4.69) is 10.2 Å². The summed E-state index contributed by atoms with van der Waals surface area (Å²) in [6.07, 6.45) is 3.65. The van der Waals surface area contributed by atoms with Crippen molar-refractivity contribution < 1.29 is 9.53 Å². The Bertz CT molecular complexity index is 586. The van der Waals surface area contributed by atoms with Crippen molar-refractivity contribution in [2.75, 3.05) is 26.8 Å². The lowest BCUT2D eigenvalue weighted by Gasteiger charge is -2.31. The highest BCUT2D eigenvalue weighted by atomic mass is 32.1. The highest BCUT2D eigenvalue weighted by molar-refractivity contribution is 7.08. The first-order valence-electron chi connectivity index (χ1n) is 7.13. The lowest BCUT2D eigenvalue weighted by Crippen LogP contribution is -2.39. The molecule has 0 aliphatic carbocycles. The molecule has 1 fully saturated rings. The summed E-state index contributed by atoms with van der Waals surface area (Å²) in [5.74, 6) is 0.639. The van der Waals surface area contributed by atoms with Crippen LogP contribution in [-0.2, 0) is 4.74 Å². The number of thiophene rings is 1. The number of carbonyl (C=O) groups excluding carboxylic acids is 1. The van der Waals surface area contributed by atoms with Crippen LogP contribution < -0.4 is 0 Å². The van der Waals surface area contributed by atoms with Crippen LogP contribution in [0.15, 0.2) is 23.0 Å². The number of hydrogen-bond acceptors (Lipinski definition) is 4. The van der Waals surface area contributed by atoms with Gasteiger partial charge in [0.05, 0.1) is 17.5 Å². The summed E-state index contributed by atoms with van der Waals surface area (Å²) in [4.78, 5) is 14.6. The van der Waals surface area contributed by atoms with Crippen LogP contribution >= 0.6 is 11.3 Å². The molecule has 1 amide bonds. The van der Waals surface area contributed by atoms with Gasteiger partial charge >= 0.3 is 0 Å². The molecule has 0 bridgehead atoms. The number of ether oxygens (including phenoxy) is 1. The van der Waals surface area contributed by atoms with E-state index in [9.17, 15) is 4.79 Å². The van der Waals surface area contributed by atoms with E-state index in [1.807, 2.05) is 21.7 Å². The van der Waals surface area contributed by atoms with Crippen LogP contribution in [0.5, 0.6) is 0 Å². The van der Waals surface area contributed by atoms with Gasteiger partial charge < -0.3 is 9.64 Å². The molecule has 3 heterocycles. The number of piperidine rings is 1. The van der Waals surface area contributed by atoms with Crippen LogP contribution in [0, 0.1) is 5.92 Å².